The Bertz CT molecular complexity index is 451. The first kappa shape index (κ1) is 14.5. The summed E-state index contributed by atoms with van der Waals surface area (Å²) in [5.41, 5.74) is 6.17. The molecule has 7 heteroatoms. The van der Waals surface area contributed by atoms with Gasteiger partial charge in [0.15, 0.2) is 0 Å². The van der Waals surface area contributed by atoms with Crippen LogP contribution in [0.1, 0.15) is 11.1 Å². The molecule has 0 aromatic heterocycles. The van der Waals surface area contributed by atoms with Crippen LogP contribution in [0.25, 0.3) is 0 Å². The molecule has 0 spiro atoms. The summed E-state index contributed by atoms with van der Waals surface area (Å²) in [5, 5.41) is 11.0. The molecule has 0 aliphatic rings. The monoisotopic (exact) mass is 315 g/mol. The number of hydrogen-bond donors (Lipinski definition) is 4. The summed E-state index contributed by atoms with van der Waals surface area (Å²) in [6, 6.07) is 5.21. The lowest BCUT2D eigenvalue weighted by atomic mass is 10.1. The third-order valence-electron chi connectivity index (χ3n) is 2.21. The van der Waals surface area contributed by atoms with Crippen LogP contribution in [0.15, 0.2) is 22.7 Å². The molecule has 0 radical (unpaired) electrons. The van der Waals surface area contributed by atoms with Gasteiger partial charge in [-0.3, -0.25) is 10.2 Å². The van der Waals surface area contributed by atoms with Crippen molar-refractivity contribution in [2.24, 2.45) is 0 Å². The van der Waals surface area contributed by atoms with Crippen LogP contribution < -0.4 is 16.2 Å². The van der Waals surface area contributed by atoms with Gasteiger partial charge in [-0.25, -0.2) is 10.2 Å². The minimum atomic E-state index is -0.677. The number of nitrogens with one attached hydrogen (secondary N) is 3. The van der Waals surface area contributed by atoms with Gasteiger partial charge in [0.05, 0.1) is 0 Å². The molecule has 0 aliphatic carbocycles. The highest BCUT2D eigenvalue weighted by molar-refractivity contribution is 9.10. The van der Waals surface area contributed by atoms with Crippen LogP contribution in [-0.4, -0.2) is 23.7 Å². The standard InChI is InChI=1S/C11H14BrN3O3/c1-7-2-3-9(12)4-8(7)5-13-11(18)15-14-10(17)6-16/h2-4,16H,5-6H2,1H3,(H,14,17)(H2,13,15,18). The SMILES string of the molecule is Cc1ccc(Br)cc1CNC(=O)NNC(=O)CO. The molecule has 0 saturated carbocycles. The minimum absolute atomic E-state index is 0.339. The highest BCUT2D eigenvalue weighted by Gasteiger charge is 2.04. The number of carbonyl (C=O) groups is 2. The normalized spacial score (nSPS) is 9.72. The average Bonchev–Trinajstić information content (AvgIpc) is 2.36. The molecule has 0 aliphatic heterocycles. The number of halogens is 1. The highest BCUT2D eigenvalue weighted by Crippen LogP contribution is 2.15. The zero-order chi connectivity index (χ0) is 13.5. The van der Waals surface area contributed by atoms with E-state index in [4.69, 9.17) is 5.11 Å². The van der Waals surface area contributed by atoms with Crippen molar-refractivity contribution in [3.05, 3.63) is 33.8 Å². The first-order valence-electron chi connectivity index (χ1n) is 5.21. The first-order valence-corrected chi connectivity index (χ1v) is 6.01. The summed E-state index contributed by atoms with van der Waals surface area (Å²) in [5.74, 6) is -0.677. The van der Waals surface area contributed by atoms with Crippen LogP contribution in [-0.2, 0) is 11.3 Å². The Morgan fingerprint density at radius 1 is 1.33 bits per heavy atom. The van der Waals surface area contributed by atoms with Gasteiger partial charge in [0.1, 0.15) is 6.61 Å². The van der Waals surface area contributed by atoms with Crippen LogP contribution in [0.2, 0.25) is 0 Å². The number of benzene rings is 1. The fourth-order valence-electron chi connectivity index (χ4n) is 1.22. The van der Waals surface area contributed by atoms with E-state index in [1.165, 1.54) is 0 Å². The van der Waals surface area contributed by atoms with Crippen LogP contribution >= 0.6 is 15.9 Å². The van der Waals surface area contributed by atoms with Gasteiger partial charge in [-0.05, 0) is 30.2 Å². The van der Waals surface area contributed by atoms with Gasteiger partial charge in [-0.2, -0.15) is 0 Å². The summed E-state index contributed by atoms with van der Waals surface area (Å²) < 4.78 is 0.930. The topological polar surface area (TPSA) is 90.5 Å². The van der Waals surface area contributed by atoms with E-state index in [2.05, 4.69) is 26.7 Å². The number of aliphatic hydroxyl groups excluding tert-OH is 1. The van der Waals surface area contributed by atoms with Crippen molar-refractivity contribution >= 4 is 27.9 Å². The lowest BCUT2D eigenvalue weighted by molar-refractivity contribution is -0.124. The third kappa shape index (κ3) is 4.72. The molecule has 3 amide bonds. The molecule has 0 saturated heterocycles. The van der Waals surface area contributed by atoms with Crippen molar-refractivity contribution in [1.82, 2.24) is 16.2 Å². The van der Waals surface area contributed by atoms with Gasteiger partial charge in [0, 0.05) is 11.0 Å². The molecule has 98 valence electrons. The minimum Gasteiger partial charge on any atom is -0.386 e. The maximum absolute atomic E-state index is 11.3. The molecule has 0 atom stereocenters. The summed E-state index contributed by atoms with van der Waals surface area (Å²) in [6.07, 6.45) is 0. The molecule has 1 rings (SSSR count). The fourth-order valence-corrected chi connectivity index (χ4v) is 1.62. The van der Waals surface area contributed by atoms with Gasteiger partial charge in [-0.1, -0.05) is 22.0 Å². The highest BCUT2D eigenvalue weighted by atomic mass is 79.9. The Balaban J connectivity index is 2.42. The molecule has 0 bridgehead atoms. The number of aliphatic hydroxyl groups is 1. The van der Waals surface area contributed by atoms with Gasteiger partial charge >= 0.3 is 6.03 Å². The lowest BCUT2D eigenvalue weighted by Crippen LogP contribution is -2.47. The predicted octanol–water partition coefficient (Wildman–Crippen LogP) is 0.580. The van der Waals surface area contributed by atoms with Crippen LogP contribution in [0.3, 0.4) is 0 Å². The van der Waals surface area contributed by atoms with E-state index in [-0.39, 0.29) is 0 Å². The molecule has 0 fully saturated rings. The van der Waals surface area contributed by atoms with Crippen molar-refractivity contribution in [2.75, 3.05) is 6.61 Å². The number of hydrogen-bond acceptors (Lipinski definition) is 3. The Morgan fingerprint density at radius 2 is 2.06 bits per heavy atom. The van der Waals surface area contributed by atoms with E-state index >= 15 is 0 Å². The van der Waals surface area contributed by atoms with Crippen molar-refractivity contribution in [3.63, 3.8) is 0 Å². The van der Waals surface area contributed by atoms with Gasteiger partial charge in [-0.15, -0.1) is 0 Å². The molecule has 6 nitrogen and oxygen atoms in total. The molecular formula is C11H14BrN3O3. The number of amides is 3. The van der Waals surface area contributed by atoms with Crippen molar-refractivity contribution in [3.8, 4) is 0 Å². The molecule has 0 heterocycles. The Labute approximate surface area is 113 Å². The zero-order valence-electron chi connectivity index (χ0n) is 9.79. The quantitative estimate of drug-likeness (QED) is 0.615. The van der Waals surface area contributed by atoms with Gasteiger partial charge in [0.2, 0.25) is 0 Å². The number of urea groups is 1. The Kier molecular flexibility index (Phi) is 5.60. The van der Waals surface area contributed by atoms with Crippen molar-refractivity contribution in [1.29, 1.82) is 0 Å². The fraction of sp³-hybridized carbons (Fsp3) is 0.273. The van der Waals surface area contributed by atoms with E-state index in [1.54, 1.807) is 0 Å². The largest absolute Gasteiger partial charge is 0.386 e. The second kappa shape index (κ2) is 6.97. The summed E-state index contributed by atoms with van der Waals surface area (Å²) in [7, 11) is 0. The molecule has 18 heavy (non-hydrogen) atoms. The Hall–Kier alpha value is -1.60. The predicted molar refractivity (Wildman–Crippen MR) is 69.5 cm³/mol. The second-order valence-electron chi connectivity index (χ2n) is 3.58. The molecular weight excluding hydrogens is 302 g/mol. The smallest absolute Gasteiger partial charge is 0.333 e. The first-order chi connectivity index (χ1) is 8.52. The second-order valence-corrected chi connectivity index (χ2v) is 4.50. The third-order valence-corrected chi connectivity index (χ3v) is 2.70. The Morgan fingerprint density at radius 3 is 2.72 bits per heavy atom. The zero-order valence-corrected chi connectivity index (χ0v) is 11.4. The summed E-state index contributed by atoms with van der Waals surface area (Å²) >= 11 is 3.35. The van der Waals surface area contributed by atoms with E-state index in [0.29, 0.717) is 6.54 Å². The van der Waals surface area contributed by atoms with E-state index < -0.39 is 18.5 Å². The maximum atomic E-state index is 11.3. The number of rotatable bonds is 3. The number of aryl methyl sites for hydroxylation is 1. The van der Waals surface area contributed by atoms with Crippen molar-refractivity contribution in [2.45, 2.75) is 13.5 Å². The van der Waals surface area contributed by atoms with Crippen LogP contribution in [0.5, 0.6) is 0 Å². The summed E-state index contributed by atoms with van der Waals surface area (Å²) in [6.45, 7) is 1.60. The number of hydrazine groups is 1. The maximum Gasteiger partial charge on any atom is 0.333 e. The summed E-state index contributed by atoms with van der Waals surface area (Å²) in [4.78, 5) is 22.0. The van der Waals surface area contributed by atoms with Gasteiger partial charge in [0.25, 0.3) is 5.91 Å². The molecule has 1 aromatic carbocycles. The molecule has 0 unspecified atom stereocenters. The van der Waals surface area contributed by atoms with Gasteiger partial charge < -0.3 is 10.4 Å². The lowest BCUT2D eigenvalue weighted by Gasteiger charge is -2.10. The van der Waals surface area contributed by atoms with E-state index in [1.807, 2.05) is 30.5 Å². The van der Waals surface area contributed by atoms with Crippen LogP contribution in [0.4, 0.5) is 4.79 Å². The molecule has 4 N–H and O–H groups in total. The van der Waals surface area contributed by atoms with E-state index in [9.17, 15) is 9.59 Å². The number of carbonyl (C=O) groups excluding carboxylic acids is 2. The molecule has 1 aromatic rings. The van der Waals surface area contributed by atoms with Crippen molar-refractivity contribution < 1.29 is 14.7 Å². The van der Waals surface area contributed by atoms with E-state index in [0.717, 1.165) is 15.6 Å². The average molecular weight is 316 g/mol. The van der Waals surface area contributed by atoms with Crippen LogP contribution in [0, 0.1) is 6.92 Å².